The number of hydrogen-bond donors (Lipinski definition) is 1. The van der Waals surface area contributed by atoms with E-state index in [0.29, 0.717) is 6.42 Å². The van der Waals surface area contributed by atoms with Crippen LogP contribution in [0.25, 0.3) is 0 Å². The third kappa shape index (κ3) is 4.10. The molecule has 1 aromatic carbocycles. The summed E-state index contributed by atoms with van der Waals surface area (Å²) in [6.07, 6.45) is 2.20. The van der Waals surface area contributed by atoms with Gasteiger partial charge in [-0.25, -0.2) is 4.98 Å². The maximum atomic E-state index is 11.3. The zero-order chi connectivity index (χ0) is 13.7. The first-order chi connectivity index (χ1) is 9.15. The van der Waals surface area contributed by atoms with Crippen LogP contribution in [-0.4, -0.2) is 21.3 Å². The number of carboxylic acids is 1. The second-order valence-electron chi connectivity index (χ2n) is 4.31. The number of carboxylic acid groups (broad SMARTS) is 1. The Morgan fingerprint density at radius 2 is 2.05 bits per heavy atom. The molecule has 0 radical (unpaired) electrons. The number of aliphatic carboxylic acids is 1. The van der Waals surface area contributed by atoms with E-state index in [2.05, 4.69) is 4.98 Å². The molecule has 0 amide bonds. The van der Waals surface area contributed by atoms with Gasteiger partial charge < -0.3 is 5.11 Å². The van der Waals surface area contributed by atoms with Gasteiger partial charge in [0, 0.05) is 6.20 Å². The van der Waals surface area contributed by atoms with E-state index in [1.165, 1.54) is 11.8 Å². The van der Waals surface area contributed by atoms with Crippen LogP contribution in [0.3, 0.4) is 0 Å². The maximum absolute atomic E-state index is 11.3. The number of thioether (sulfide) groups is 1. The van der Waals surface area contributed by atoms with Crippen molar-refractivity contribution in [1.82, 2.24) is 4.98 Å². The third-order valence-electron chi connectivity index (χ3n) is 2.69. The van der Waals surface area contributed by atoms with E-state index in [-0.39, 0.29) is 0 Å². The van der Waals surface area contributed by atoms with Gasteiger partial charge in [-0.05, 0) is 36.6 Å². The molecule has 1 N–H and O–H groups in total. The van der Waals surface area contributed by atoms with E-state index in [9.17, 15) is 9.90 Å². The van der Waals surface area contributed by atoms with Gasteiger partial charge in [-0.1, -0.05) is 42.1 Å². The van der Waals surface area contributed by atoms with Gasteiger partial charge in [-0.15, -0.1) is 0 Å². The zero-order valence-electron chi connectivity index (χ0n) is 10.6. The Morgan fingerprint density at radius 1 is 1.32 bits per heavy atom. The molecule has 0 spiro atoms. The summed E-state index contributed by atoms with van der Waals surface area (Å²) in [5.41, 5.74) is 2.11. The van der Waals surface area contributed by atoms with Crippen LogP contribution >= 0.6 is 11.8 Å². The highest BCUT2D eigenvalue weighted by atomic mass is 32.2. The van der Waals surface area contributed by atoms with Crippen LogP contribution in [0.4, 0.5) is 0 Å². The fourth-order valence-corrected chi connectivity index (χ4v) is 2.77. The number of carbonyl (C=O) groups is 1. The monoisotopic (exact) mass is 273 g/mol. The summed E-state index contributed by atoms with van der Waals surface area (Å²) in [4.78, 5) is 15.5. The molecule has 1 aromatic heterocycles. The van der Waals surface area contributed by atoms with Gasteiger partial charge in [0.25, 0.3) is 0 Å². The average Bonchev–Trinajstić information content (AvgIpc) is 2.39. The van der Waals surface area contributed by atoms with E-state index in [0.717, 1.165) is 16.2 Å². The van der Waals surface area contributed by atoms with Gasteiger partial charge in [-0.2, -0.15) is 0 Å². The summed E-state index contributed by atoms with van der Waals surface area (Å²) in [7, 11) is 0. The van der Waals surface area contributed by atoms with Gasteiger partial charge in [0.2, 0.25) is 0 Å². The van der Waals surface area contributed by atoms with Crippen molar-refractivity contribution in [3.05, 3.63) is 59.8 Å². The minimum Gasteiger partial charge on any atom is -0.480 e. The molecule has 98 valence electrons. The normalized spacial score (nSPS) is 12.1. The Bertz CT molecular complexity index is 557. The van der Waals surface area contributed by atoms with E-state index < -0.39 is 11.2 Å². The third-order valence-corrected chi connectivity index (χ3v) is 3.81. The summed E-state index contributed by atoms with van der Waals surface area (Å²) in [5, 5.41) is 9.55. The molecule has 0 saturated carbocycles. The SMILES string of the molecule is Cc1ccnc(SC(Cc2ccccc2)C(=O)O)c1. The molecule has 2 rings (SSSR count). The molecule has 1 heterocycles. The van der Waals surface area contributed by atoms with Gasteiger partial charge >= 0.3 is 5.97 Å². The van der Waals surface area contributed by atoms with Crippen molar-refractivity contribution in [2.45, 2.75) is 23.6 Å². The number of rotatable bonds is 5. The fourth-order valence-electron chi connectivity index (χ4n) is 1.73. The minimum atomic E-state index is -0.808. The molecule has 0 bridgehead atoms. The summed E-state index contributed by atoms with van der Waals surface area (Å²) in [6, 6.07) is 13.5. The average molecular weight is 273 g/mol. The molecular formula is C15H15NO2S. The second kappa shape index (κ2) is 6.38. The van der Waals surface area contributed by atoms with Crippen LogP contribution in [0.15, 0.2) is 53.7 Å². The van der Waals surface area contributed by atoms with Crippen LogP contribution in [0.2, 0.25) is 0 Å². The van der Waals surface area contributed by atoms with Crippen molar-refractivity contribution in [1.29, 1.82) is 0 Å². The van der Waals surface area contributed by atoms with Crippen molar-refractivity contribution >= 4 is 17.7 Å². The Morgan fingerprint density at radius 3 is 2.68 bits per heavy atom. The number of aromatic nitrogens is 1. The maximum Gasteiger partial charge on any atom is 0.317 e. The van der Waals surface area contributed by atoms with E-state index in [4.69, 9.17) is 0 Å². The van der Waals surface area contributed by atoms with Gasteiger partial charge in [0.05, 0.1) is 5.03 Å². The lowest BCUT2D eigenvalue weighted by atomic mass is 10.1. The zero-order valence-corrected chi connectivity index (χ0v) is 11.4. The van der Waals surface area contributed by atoms with Crippen molar-refractivity contribution in [2.24, 2.45) is 0 Å². The lowest BCUT2D eigenvalue weighted by Gasteiger charge is -2.11. The lowest BCUT2D eigenvalue weighted by Crippen LogP contribution is -2.19. The summed E-state index contributed by atoms with van der Waals surface area (Å²) >= 11 is 1.30. The molecular weight excluding hydrogens is 258 g/mol. The van der Waals surface area contributed by atoms with Gasteiger partial charge in [-0.3, -0.25) is 4.79 Å². The number of nitrogens with zero attached hydrogens (tertiary/aromatic N) is 1. The first-order valence-corrected chi connectivity index (χ1v) is 6.89. The largest absolute Gasteiger partial charge is 0.480 e. The van der Waals surface area contributed by atoms with Crippen molar-refractivity contribution in [3.8, 4) is 0 Å². The molecule has 4 heteroatoms. The van der Waals surface area contributed by atoms with Crippen molar-refractivity contribution in [3.63, 3.8) is 0 Å². The molecule has 0 aliphatic rings. The van der Waals surface area contributed by atoms with Gasteiger partial charge in [0.15, 0.2) is 0 Å². The van der Waals surface area contributed by atoms with Crippen LogP contribution in [0, 0.1) is 6.92 Å². The van der Waals surface area contributed by atoms with E-state index in [1.54, 1.807) is 6.20 Å². The Kier molecular flexibility index (Phi) is 4.58. The van der Waals surface area contributed by atoms with Crippen LogP contribution in [0.5, 0.6) is 0 Å². The molecule has 3 nitrogen and oxygen atoms in total. The molecule has 0 aliphatic carbocycles. The Labute approximate surface area is 116 Å². The van der Waals surface area contributed by atoms with Crippen LogP contribution in [0.1, 0.15) is 11.1 Å². The van der Waals surface area contributed by atoms with Crippen molar-refractivity contribution < 1.29 is 9.90 Å². The number of aryl methyl sites for hydroxylation is 1. The molecule has 0 fully saturated rings. The predicted octanol–water partition coefficient (Wildman–Crippen LogP) is 3.18. The smallest absolute Gasteiger partial charge is 0.317 e. The first kappa shape index (κ1) is 13.6. The predicted molar refractivity (Wildman–Crippen MR) is 76.4 cm³/mol. The lowest BCUT2D eigenvalue weighted by molar-refractivity contribution is -0.136. The standard InChI is InChI=1S/C15H15NO2S/c1-11-7-8-16-14(9-11)19-13(15(17)18)10-12-5-3-2-4-6-12/h2-9,13H,10H2,1H3,(H,17,18). The Hall–Kier alpha value is -1.81. The highest BCUT2D eigenvalue weighted by molar-refractivity contribution is 8.00. The van der Waals surface area contributed by atoms with Crippen LogP contribution < -0.4 is 0 Å². The number of pyridine rings is 1. The van der Waals surface area contributed by atoms with Crippen molar-refractivity contribution in [2.75, 3.05) is 0 Å². The molecule has 0 saturated heterocycles. The highest BCUT2D eigenvalue weighted by Crippen LogP contribution is 2.25. The molecule has 0 aliphatic heterocycles. The summed E-state index contributed by atoms with van der Waals surface area (Å²) in [5.74, 6) is -0.808. The molecule has 2 aromatic rings. The second-order valence-corrected chi connectivity index (χ2v) is 5.53. The van der Waals surface area contributed by atoms with Crippen LogP contribution in [-0.2, 0) is 11.2 Å². The quantitative estimate of drug-likeness (QED) is 0.850. The first-order valence-electron chi connectivity index (χ1n) is 6.01. The summed E-state index contributed by atoms with van der Waals surface area (Å²) in [6.45, 7) is 1.97. The molecule has 19 heavy (non-hydrogen) atoms. The number of hydrogen-bond acceptors (Lipinski definition) is 3. The fraction of sp³-hybridized carbons (Fsp3) is 0.200. The summed E-state index contributed by atoms with van der Waals surface area (Å²) < 4.78 is 0. The highest BCUT2D eigenvalue weighted by Gasteiger charge is 2.20. The van der Waals surface area contributed by atoms with E-state index in [1.807, 2.05) is 49.4 Å². The number of benzene rings is 1. The molecule has 1 atom stereocenters. The minimum absolute atomic E-state index is 0.496. The molecule has 1 unspecified atom stereocenters. The van der Waals surface area contributed by atoms with Gasteiger partial charge in [0.1, 0.15) is 5.25 Å². The Balaban J connectivity index is 2.11. The van der Waals surface area contributed by atoms with E-state index >= 15 is 0 Å². The topological polar surface area (TPSA) is 50.2 Å².